The zero-order chi connectivity index (χ0) is 15.4. The van der Waals surface area contributed by atoms with Gasteiger partial charge in [-0.15, -0.1) is 0 Å². The minimum atomic E-state index is -0.382. The summed E-state index contributed by atoms with van der Waals surface area (Å²) < 4.78 is 0. The van der Waals surface area contributed by atoms with E-state index in [1.54, 1.807) is 13.1 Å². The first-order chi connectivity index (χ1) is 10.0. The summed E-state index contributed by atoms with van der Waals surface area (Å²) in [4.78, 5) is 6.33. The summed E-state index contributed by atoms with van der Waals surface area (Å²) in [5, 5.41) is 22.4. The number of nitrogens with zero attached hydrogens (tertiary/aromatic N) is 3. The van der Waals surface area contributed by atoms with Gasteiger partial charge in [0.2, 0.25) is 0 Å². The molecule has 0 fully saturated rings. The molecule has 1 heterocycles. The zero-order valence-electron chi connectivity index (χ0n) is 12.2. The molecule has 1 unspecified atom stereocenters. The van der Waals surface area contributed by atoms with Gasteiger partial charge in [-0.1, -0.05) is 23.4 Å². The van der Waals surface area contributed by atoms with Crippen LogP contribution < -0.4 is 10.6 Å². The van der Waals surface area contributed by atoms with Gasteiger partial charge in [0.05, 0.1) is 22.9 Å². The molecular weight excluding hydrogens is 268 g/mol. The highest BCUT2D eigenvalue weighted by Crippen LogP contribution is 2.29. The number of oxime groups is 1. The number of anilines is 1. The van der Waals surface area contributed by atoms with E-state index in [0.717, 1.165) is 16.6 Å². The van der Waals surface area contributed by atoms with Gasteiger partial charge in [0, 0.05) is 25.2 Å². The monoisotopic (exact) mass is 288 g/mol. The number of aliphatic hydroxyl groups is 1. The number of fused-ring (bicyclic) bond motifs is 1. The van der Waals surface area contributed by atoms with E-state index in [9.17, 15) is 5.11 Å². The molecule has 0 aliphatic carbocycles. The Morgan fingerprint density at radius 1 is 1.43 bits per heavy atom. The molecule has 0 amide bonds. The summed E-state index contributed by atoms with van der Waals surface area (Å²) in [5.74, 6) is 0.0205. The average Bonchev–Trinajstić information content (AvgIpc) is 2.50. The Morgan fingerprint density at radius 2 is 2.14 bits per heavy atom. The first-order valence-corrected chi connectivity index (χ1v) is 6.79. The molecule has 21 heavy (non-hydrogen) atoms. The SMILES string of the molecule is CC(O)CCN(C)c1c(/C(N)=N/O)cnc2ccccc12. The molecule has 1 aromatic carbocycles. The second-order valence-corrected chi connectivity index (χ2v) is 5.08. The Balaban J connectivity index is 2.55. The lowest BCUT2D eigenvalue weighted by Gasteiger charge is -2.24. The van der Waals surface area contributed by atoms with Crippen LogP contribution in [0.5, 0.6) is 0 Å². The Labute approximate surface area is 123 Å². The molecule has 6 nitrogen and oxygen atoms in total. The van der Waals surface area contributed by atoms with Crippen molar-refractivity contribution in [2.75, 3.05) is 18.5 Å². The predicted octanol–water partition coefficient (Wildman–Crippen LogP) is 1.54. The summed E-state index contributed by atoms with van der Waals surface area (Å²) in [7, 11) is 1.91. The van der Waals surface area contributed by atoms with Crippen LogP contribution in [0.4, 0.5) is 5.69 Å². The fourth-order valence-electron chi connectivity index (χ4n) is 2.27. The summed E-state index contributed by atoms with van der Waals surface area (Å²) in [5.41, 5.74) is 8.02. The predicted molar refractivity (Wildman–Crippen MR) is 83.8 cm³/mol. The number of nitrogens with two attached hydrogens (primary N) is 1. The summed E-state index contributed by atoms with van der Waals surface area (Å²) in [6.45, 7) is 2.40. The van der Waals surface area contributed by atoms with Crippen LogP contribution in [0.2, 0.25) is 0 Å². The van der Waals surface area contributed by atoms with Crippen LogP contribution in [-0.4, -0.2) is 40.8 Å². The molecule has 0 spiro atoms. The molecule has 6 heteroatoms. The minimum absolute atomic E-state index is 0.0205. The van der Waals surface area contributed by atoms with Gasteiger partial charge in [-0.2, -0.15) is 0 Å². The largest absolute Gasteiger partial charge is 0.409 e. The van der Waals surface area contributed by atoms with Crippen molar-refractivity contribution in [1.82, 2.24) is 4.98 Å². The first-order valence-electron chi connectivity index (χ1n) is 6.79. The number of hydrogen-bond acceptors (Lipinski definition) is 5. The van der Waals surface area contributed by atoms with Crippen molar-refractivity contribution >= 4 is 22.4 Å². The lowest BCUT2D eigenvalue weighted by atomic mass is 10.1. The van der Waals surface area contributed by atoms with Gasteiger partial charge >= 0.3 is 0 Å². The maximum absolute atomic E-state index is 9.46. The van der Waals surface area contributed by atoms with Crippen LogP contribution in [0.25, 0.3) is 10.9 Å². The minimum Gasteiger partial charge on any atom is -0.409 e. The normalized spacial score (nSPS) is 13.4. The summed E-state index contributed by atoms with van der Waals surface area (Å²) >= 11 is 0. The number of hydrogen-bond donors (Lipinski definition) is 3. The number of aromatic nitrogens is 1. The Bertz CT molecular complexity index is 655. The third kappa shape index (κ3) is 3.22. The third-order valence-electron chi connectivity index (χ3n) is 3.39. The third-order valence-corrected chi connectivity index (χ3v) is 3.39. The van der Waals surface area contributed by atoms with Gasteiger partial charge in [-0.05, 0) is 19.4 Å². The van der Waals surface area contributed by atoms with Crippen molar-refractivity contribution in [3.63, 3.8) is 0 Å². The van der Waals surface area contributed by atoms with Gasteiger partial charge in [-0.25, -0.2) is 0 Å². The van der Waals surface area contributed by atoms with Crippen LogP contribution in [-0.2, 0) is 0 Å². The highest BCUT2D eigenvalue weighted by Gasteiger charge is 2.16. The molecule has 0 aliphatic rings. The maximum atomic E-state index is 9.46. The van der Waals surface area contributed by atoms with Gasteiger partial charge in [-0.3, -0.25) is 4.98 Å². The molecule has 2 aromatic rings. The Kier molecular flexibility index (Phi) is 4.59. The maximum Gasteiger partial charge on any atom is 0.173 e. The van der Waals surface area contributed by atoms with E-state index in [2.05, 4.69) is 10.1 Å². The van der Waals surface area contributed by atoms with Gasteiger partial charge < -0.3 is 20.9 Å². The lowest BCUT2D eigenvalue weighted by molar-refractivity contribution is 0.187. The van der Waals surface area contributed by atoms with Gasteiger partial charge in [0.25, 0.3) is 0 Å². The topological polar surface area (TPSA) is 95.0 Å². The summed E-state index contributed by atoms with van der Waals surface area (Å²) in [6, 6.07) is 7.70. The standard InChI is InChI=1S/C15H20N4O2/c1-10(20)7-8-19(2)14-11-5-3-4-6-13(11)17-9-12(14)15(16)18-21/h3-6,9-10,20-21H,7-8H2,1-2H3,(H2,16,18). The second kappa shape index (κ2) is 6.41. The molecule has 112 valence electrons. The van der Waals surface area contributed by atoms with E-state index in [1.807, 2.05) is 36.2 Å². The molecule has 4 N–H and O–H groups in total. The van der Waals surface area contributed by atoms with Crippen molar-refractivity contribution < 1.29 is 10.3 Å². The van der Waals surface area contributed by atoms with Crippen LogP contribution in [0, 0.1) is 0 Å². The fraction of sp³-hybridized carbons (Fsp3) is 0.333. The van der Waals surface area contributed by atoms with E-state index in [1.165, 1.54) is 0 Å². The molecule has 0 bridgehead atoms. The van der Waals surface area contributed by atoms with Gasteiger partial charge in [0.1, 0.15) is 0 Å². The lowest BCUT2D eigenvalue weighted by Crippen LogP contribution is -2.26. The van der Waals surface area contributed by atoms with Crippen molar-refractivity contribution in [3.05, 3.63) is 36.0 Å². The number of benzene rings is 1. The number of rotatable bonds is 5. The highest BCUT2D eigenvalue weighted by molar-refractivity contribution is 6.08. The average molecular weight is 288 g/mol. The fourth-order valence-corrected chi connectivity index (χ4v) is 2.27. The van der Waals surface area contributed by atoms with E-state index < -0.39 is 0 Å². The smallest absolute Gasteiger partial charge is 0.173 e. The number of aliphatic hydroxyl groups excluding tert-OH is 1. The van der Waals surface area contributed by atoms with E-state index in [-0.39, 0.29) is 11.9 Å². The quantitative estimate of drug-likeness (QED) is 0.336. The van der Waals surface area contributed by atoms with E-state index in [0.29, 0.717) is 18.5 Å². The summed E-state index contributed by atoms with van der Waals surface area (Å²) in [6.07, 6.45) is 1.85. The molecule has 1 aromatic heterocycles. The number of para-hydroxylation sites is 1. The molecule has 0 radical (unpaired) electrons. The molecule has 2 rings (SSSR count). The van der Waals surface area contributed by atoms with E-state index >= 15 is 0 Å². The first kappa shape index (κ1) is 15.1. The van der Waals surface area contributed by atoms with Crippen LogP contribution in [0.15, 0.2) is 35.6 Å². The molecule has 0 saturated carbocycles. The van der Waals surface area contributed by atoms with Crippen LogP contribution in [0.3, 0.4) is 0 Å². The van der Waals surface area contributed by atoms with Crippen molar-refractivity contribution in [2.45, 2.75) is 19.4 Å². The van der Waals surface area contributed by atoms with Gasteiger partial charge in [0.15, 0.2) is 5.84 Å². The molecule has 0 saturated heterocycles. The molecule has 0 aliphatic heterocycles. The van der Waals surface area contributed by atoms with Crippen LogP contribution >= 0.6 is 0 Å². The van der Waals surface area contributed by atoms with Crippen LogP contribution in [0.1, 0.15) is 18.9 Å². The van der Waals surface area contributed by atoms with Crippen molar-refractivity contribution in [1.29, 1.82) is 0 Å². The second-order valence-electron chi connectivity index (χ2n) is 5.08. The Morgan fingerprint density at radius 3 is 2.81 bits per heavy atom. The molecule has 1 atom stereocenters. The number of pyridine rings is 1. The number of amidine groups is 1. The molecular formula is C15H20N4O2. The van der Waals surface area contributed by atoms with Crippen molar-refractivity contribution in [2.24, 2.45) is 10.9 Å². The van der Waals surface area contributed by atoms with Crippen molar-refractivity contribution in [3.8, 4) is 0 Å². The Hall–Kier alpha value is -2.34. The zero-order valence-corrected chi connectivity index (χ0v) is 12.2. The highest BCUT2D eigenvalue weighted by atomic mass is 16.4. The van der Waals surface area contributed by atoms with E-state index in [4.69, 9.17) is 10.9 Å².